The highest BCUT2D eigenvalue weighted by Gasteiger charge is 2.13. The molecule has 2 aromatic carbocycles. The Labute approximate surface area is 134 Å². The maximum atomic E-state index is 11.3. The van der Waals surface area contributed by atoms with Gasteiger partial charge in [-0.05, 0) is 49.2 Å². The summed E-state index contributed by atoms with van der Waals surface area (Å²) in [4.78, 5) is 11.3. The largest absolute Gasteiger partial charge is 0.513 e. The van der Waals surface area contributed by atoms with Crippen molar-refractivity contribution >= 4 is 17.8 Å². The van der Waals surface area contributed by atoms with E-state index in [1.54, 1.807) is 18.2 Å². The van der Waals surface area contributed by atoms with Crippen molar-refractivity contribution in [2.24, 2.45) is 0 Å². The van der Waals surface area contributed by atoms with Crippen molar-refractivity contribution in [1.29, 1.82) is 0 Å². The van der Waals surface area contributed by atoms with Gasteiger partial charge in [-0.2, -0.15) is 0 Å². The van der Waals surface area contributed by atoms with E-state index >= 15 is 0 Å². The van der Waals surface area contributed by atoms with E-state index in [0.717, 1.165) is 11.3 Å². The minimum atomic E-state index is -0.797. The number of hydrogen-bond donors (Lipinski definition) is 0. The van der Waals surface area contributed by atoms with E-state index < -0.39 is 6.16 Å². The van der Waals surface area contributed by atoms with Crippen molar-refractivity contribution in [2.75, 3.05) is 7.11 Å². The molecule has 0 heterocycles. The number of carbonyl (C=O) groups excluding carboxylic acids is 1. The van der Waals surface area contributed by atoms with Gasteiger partial charge >= 0.3 is 6.16 Å². The van der Waals surface area contributed by atoms with Crippen molar-refractivity contribution < 1.29 is 19.0 Å². The van der Waals surface area contributed by atoms with Gasteiger partial charge in [-0.25, -0.2) is 4.79 Å². The summed E-state index contributed by atoms with van der Waals surface area (Å²) in [5.41, 5.74) is 2.93. The van der Waals surface area contributed by atoms with Crippen LogP contribution >= 0.6 is 11.6 Å². The van der Waals surface area contributed by atoms with Crippen LogP contribution in [0.2, 0.25) is 5.02 Å². The van der Waals surface area contributed by atoms with Crippen LogP contribution in [0, 0.1) is 13.8 Å². The van der Waals surface area contributed by atoms with Gasteiger partial charge in [0.25, 0.3) is 0 Å². The summed E-state index contributed by atoms with van der Waals surface area (Å²) >= 11 is 6.17. The molecule has 0 saturated heterocycles. The molecule has 0 unspecified atom stereocenters. The zero-order valence-corrected chi connectivity index (χ0v) is 13.4. The fourth-order valence-corrected chi connectivity index (χ4v) is 2.09. The Kier molecular flexibility index (Phi) is 5.28. The quantitative estimate of drug-likeness (QED) is 0.606. The number of hydrogen-bond acceptors (Lipinski definition) is 4. The minimum Gasteiger partial charge on any atom is -0.489 e. The first-order valence-electron chi connectivity index (χ1n) is 6.74. The molecule has 5 heteroatoms. The summed E-state index contributed by atoms with van der Waals surface area (Å²) < 4.78 is 15.3. The van der Waals surface area contributed by atoms with Gasteiger partial charge in [0, 0.05) is 0 Å². The molecule has 116 valence electrons. The van der Waals surface area contributed by atoms with Gasteiger partial charge in [0.1, 0.15) is 18.1 Å². The van der Waals surface area contributed by atoms with Crippen LogP contribution in [-0.2, 0) is 11.3 Å². The maximum absolute atomic E-state index is 11.3. The van der Waals surface area contributed by atoms with Crippen molar-refractivity contribution in [3.8, 4) is 11.5 Å². The van der Waals surface area contributed by atoms with Gasteiger partial charge in [0.2, 0.25) is 0 Å². The van der Waals surface area contributed by atoms with Crippen LogP contribution in [-0.4, -0.2) is 13.3 Å². The SMILES string of the molecule is COC(=O)Oc1cccc(Cl)c1COc1ccc(C)c(C)c1. The topological polar surface area (TPSA) is 44.8 Å². The molecule has 0 spiro atoms. The van der Waals surface area contributed by atoms with Crippen LogP contribution in [0.5, 0.6) is 11.5 Å². The molecule has 22 heavy (non-hydrogen) atoms. The van der Waals surface area contributed by atoms with Gasteiger partial charge in [0.15, 0.2) is 0 Å². The van der Waals surface area contributed by atoms with Crippen molar-refractivity contribution in [2.45, 2.75) is 20.5 Å². The summed E-state index contributed by atoms with van der Waals surface area (Å²) in [7, 11) is 1.25. The molecule has 0 aromatic heterocycles. The minimum absolute atomic E-state index is 0.189. The second-order valence-electron chi connectivity index (χ2n) is 4.81. The summed E-state index contributed by atoms with van der Waals surface area (Å²) in [5.74, 6) is 1.05. The third-order valence-corrected chi connectivity index (χ3v) is 3.65. The Morgan fingerprint density at radius 2 is 1.91 bits per heavy atom. The molecular weight excluding hydrogens is 304 g/mol. The highest BCUT2D eigenvalue weighted by molar-refractivity contribution is 6.31. The van der Waals surface area contributed by atoms with Crippen LogP contribution in [0.3, 0.4) is 0 Å². The summed E-state index contributed by atoms with van der Waals surface area (Å²) in [6.07, 6.45) is -0.797. The van der Waals surface area contributed by atoms with Gasteiger partial charge in [-0.3, -0.25) is 0 Å². The molecule has 0 fully saturated rings. The number of carbonyl (C=O) groups is 1. The van der Waals surface area contributed by atoms with Gasteiger partial charge in [-0.15, -0.1) is 0 Å². The molecule has 2 rings (SSSR count). The summed E-state index contributed by atoms with van der Waals surface area (Å²) in [5, 5.41) is 0.463. The lowest BCUT2D eigenvalue weighted by Crippen LogP contribution is -2.10. The molecule has 4 nitrogen and oxygen atoms in total. The van der Waals surface area contributed by atoms with Crippen molar-refractivity contribution in [1.82, 2.24) is 0 Å². The predicted octanol–water partition coefficient (Wildman–Crippen LogP) is 4.68. The third kappa shape index (κ3) is 3.92. The normalized spacial score (nSPS) is 10.2. The predicted molar refractivity (Wildman–Crippen MR) is 84.7 cm³/mol. The Morgan fingerprint density at radius 3 is 2.59 bits per heavy atom. The molecule has 0 aliphatic rings. The standard InChI is InChI=1S/C17H17ClO4/c1-11-7-8-13(9-12(11)2)21-10-14-15(18)5-4-6-16(14)22-17(19)20-3/h4-9H,10H2,1-3H3. The Balaban J connectivity index is 2.17. The van der Waals surface area contributed by atoms with E-state index in [0.29, 0.717) is 16.3 Å². The number of aryl methyl sites for hydroxylation is 2. The van der Waals surface area contributed by atoms with Crippen LogP contribution in [0.15, 0.2) is 36.4 Å². The first kappa shape index (κ1) is 16.2. The molecule has 0 aliphatic carbocycles. The van der Waals surface area contributed by atoms with Crippen LogP contribution in [0.4, 0.5) is 4.79 Å². The van der Waals surface area contributed by atoms with E-state index in [1.807, 2.05) is 32.0 Å². The highest BCUT2D eigenvalue weighted by Crippen LogP contribution is 2.28. The first-order chi connectivity index (χ1) is 10.5. The van der Waals surface area contributed by atoms with E-state index in [-0.39, 0.29) is 6.61 Å². The highest BCUT2D eigenvalue weighted by atomic mass is 35.5. The third-order valence-electron chi connectivity index (χ3n) is 3.30. The number of halogens is 1. The Bertz CT molecular complexity index is 682. The lowest BCUT2D eigenvalue weighted by molar-refractivity contribution is 0.120. The average molecular weight is 321 g/mol. The molecule has 0 N–H and O–H groups in total. The molecule has 0 radical (unpaired) electrons. The number of ether oxygens (including phenoxy) is 3. The van der Waals surface area contributed by atoms with Crippen LogP contribution in [0.25, 0.3) is 0 Å². The van der Waals surface area contributed by atoms with Crippen molar-refractivity contribution in [3.05, 3.63) is 58.1 Å². The second-order valence-corrected chi connectivity index (χ2v) is 5.21. The lowest BCUT2D eigenvalue weighted by atomic mass is 10.1. The van der Waals surface area contributed by atoms with Gasteiger partial charge < -0.3 is 14.2 Å². The number of benzene rings is 2. The fourth-order valence-electron chi connectivity index (χ4n) is 1.87. The van der Waals surface area contributed by atoms with Crippen LogP contribution < -0.4 is 9.47 Å². The summed E-state index contributed by atoms with van der Waals surface area (Å²) in [6, 6.07) is 10.9. The fraction of sp³-hybridized carbons (Fsp3) is 0.235. The molecule has 0 bridgehead atoms. The molecule has 0 aliphatic heterocycles. The second kappa shape index (κ2) is 7.18. The van der Waals surface area contributed by atoms with Gasteiger partial charge in [-0.1, -0.05) is 23.7 Å². The van der Waals surface area contributed by atoms with Crippen molar-refractivity contribution in [3.63, 3.8) is 0 Å². The average Bonchev–Trinajstić information content (AvgIpc) is 2.50. The molecule has 2 aromatic rings. The molecule has 0 atom stereocenters. The Hall–Kier alpha value is -2.20. The van der Waals surface area contributed by atoms with E-state index in [1.165, 1.54) is 12.7 Å². The molecule has 0 amide bonds. The number of methoxy groups -OCH3 is 1. The maximum Gasteiger partial charge on any atom is 0.513 e. The van der Waals surface area contributed by atoms with E-state index in [2.05, 4.69) is 4.74 Å². The molecular formula is C17H17ClO4. The van der Waals surface area contributed by atoms with Gasteiger partial charge in [0.05, 0.1) is 17.7 Å². The zero-order valence-electron chi connectivity index (χ0n) is 12.7. The smallest absolute Gasteiger partial charge is 0.489 e. The monoisotopic (exact) mass is 320 g/mol. The first-order valence-corrected chi connectivity index (χ1v) is 7.12. The van der Waals surface area contributed by atoms with Crippen LogP contribution in [0.1, 0.15) is 16.7 Å². The number of rotatable bonds is 4. The van der Waals surface area contributed by atoms with E-state index in [4.69, 9.17) is 21.1 Å². The lowest BCUT2D eigenvalue weighted by Gasteiger charge is -2.13. The zero-order chi connectivity index (χ0) is 16.1. The summed E-state index contributed by atoms with van der Waals surface area (Å²) in [6.45, 7) is 4.24. The Morgan fingerprint density at radius 1 is 1.14 bits per heavy atom. The van der Waals surface area contributed by atoms with E-state index in [9.17, 15) is 4.79 Å². The molecule has 0 saturated carbocycles.